The number of unbranched alkanes of at least 4 members (excludes halogenated alkanes) is 1. The van der Waals surface area contributed by atoms with E-state index in [0.717, 1.165) is 42.6 Å². The van der Waals surface area contributed by atoms with Crippen LogP contribution in [-0.2, 0) is 13.9 Å². The van der Waals surface area contributed by atoms with Gasteiger partial charge in [0.25, 0.3) is 0 Å². The third-order valence-corrected chi connectivity index (χ3v) is 13.1. The molecule has 1 aromatic rings. The van der Waals surface area contributed by atoms with Gasteiger partial charge in [-0.05, 0) is 49.0 Å². The second-order valence-corrected chi connectivity index (χ2v) is 23.8. The maximum atomic E-state index is 11.7. The number of rotatable bonds is 9. The molecule has 1 unspecified atom stereocenters. The van der Waals surface area contributed by atoms with Crippen LogP contribution in [0.5, 0.6) is 0 Å². The van der Waals surface area contributed by atoms with Gasteiger partial charge in [-0.15, -0.1) is 5.54 Å². The van der Waals surface area contributed by atoms with E-state index in [-0.39, 0.29) is 10.5 Å². The minimum atomic E-state index is -1.75. The van der Waals surface area contributed by atoms with Gasteiger partial charge in [0.2, 0.25) is 5.79 Å². The number of benzene rings is 1. The van der Waals surface area contributed by atoms with Crippen LogP contribution in [-0.4, -0.2) is 53.2 Å². The van der Waals surface area contributed by atoms with Gasteiger partial charge in [0.1, 0.15) is 14.2 Å². The zero-order chi connectivity index (χ0) is 28.4. The summed E-state index contributed by atoms with van der Waals surface area (Å²) in [6.07, 6.45) is 3.93. The second-order valence-electron chi connectivity index (χ2n) is 14.2. The minimum absolute atomic E-state index is 0.0492. The number of hydrogen-bond donors (Lipinski definition) is 1. The van der Waals surface area contributed by atoms with Crippen molar-refractivity contribution in [3.05, 3.63) is 52.6 Å². The molecule has 0 saturated carbocycles. The van der Waals surface area contributed by atoms with E-state index in [1.54, 1.807) is 0 Å². The van der Waals surface area contributed by atoms with Crippen LogP contribution < -0.4 is 0 Å². The average molecular weight is 555 g/mol. The van der Waals surface area contributed by atoms with E-state index in [0.29, 0.717) is 18.8 Å². The van der Waals surface area contributed by atoms with E-state index in [1.165, 1.54) is 0 Å². The van der Waals surface area contributed by atoms with Crippen LogP contribution in [0.1, 0.15) is 59.4 Å². The summed E-state index contributed by atoms with van der Waals surface area (Å²) in [5.41, 5.74) is 7.08. The van der Waals surface area contributed by atoms with Gasteiger partial charge in [-0.3, -0.25) is 0 Å². The third kappa shape index (κ3) is 7.81. The average Bonchev–Trinajstić information content (AvgIpc) is 3.43. The topological polar surface area (TPSA) is 47.9 Å². The summed E-state index contributed by atoms with van der Waals surface area (Å²) in [6, 6.07) is 10.1. The summed E-state index contributed by atoms with van der Waals surface area (Å²) in [5.74, 6) is 2.47. The van der Waals surface area contributed by atoms with Gasteiger partial charge in [-0.1, -0.05) is 90.5 Å². The first-order valence-electron chi connectivity index (χ1n) is 14.1. The molecule has 0 aromatic heterocycles. The molecule has 4 nitrogen and oxygen atoms in total. The van der Waals surface area contributed by atoms with Crippen LogP contribution >= 0.6 is 0 Å². The first-order chi connectivity index (χ1) is 17.5. The van der Waals surface area contributed by atoms with Crippen molar-refractivity contribution in [3.63, 3.8) is 0 Å². The molecule has 1 aromatic carbocycles. The van der Waals surface area contributed by atoms with E-state index < -0.39 is 28.3 Å². The molecule has 1 spiro atoms. The Morgan fingerprint density at radius 1 is 1.05 bits per heavy atom. The van der Waals surface area contributed by atoms with E-state index in [9.17, 15) is 5.11 Å². The van der Waals surface area contributed by atoms with Gasteiger partial charge >= 0.3 is 0 Å². The molecule has 1 saturated heterocycles. The normalized spacial score (nSPS) is 20.2. The fourth-order valence-electron chi connectivity index (χ4n) is 4.24. The number of ether oxygens (including phenoxy) is 2. The highest BCUT2D eigenvalue weighted by Crippen LogP contribution is 2.56. The lowest BCUT2D eigenvalue weighted by molar-refractivity contribution is -0.236. The molecule has 0 amide bonds. The van der Waals surface area contributed by atoms with Gasteiger partial charge in [-0.25, -0.2) is 0 Å². The molecule has 1 heterocycles. The Balaban J connectivity index is 1.81. The molecule has 38 heavy (non-hydrogen) atoms. The lowest BCUT2D eigenvalue weighted by atomic mass is 9.95. The first kappa shape index (κ1) is 31.1. The fraction of sp³-hybridized carbons (Fsp3) is 0.625. The van der Waals surface area contributed by atoms with Crippen molar-refractivity contribution in [1.82, 2.24) is 0 Å². The van der Waals surface area contributed by atoms with Gasteiger partial charge in [-0.2, -0.15) is 0 Å². The van der Waals surface area contributed by atoms with Crippen LogP contribution in [0, 0.1) is 16.9 Å². The molecule has 6 heteroatoms. The van der Waals surface area contributed by atoms with Crippen LogP contribution in [0.25, 0.3) is 6.08 Å². The Labute approximate surface area is 234 Å². The number of aliphatic hydroxyl groups excluding tert-OH is 1. The highest BCUT2D eigenvalue weighted by molar-refractivity contribution is 6.83. The molecule has 3 rings (SSSR count). The maximum Gasteiger partial charge on any atom is 0.218 e. The summed E-state index contributed by atoms with van der Waals surface area (Å²) < 4.78 is 19.2. The van der Waals surface area contributed by atoms with Crippen LogP contribution in [0.2, 0.25) is 37.8 Å². The van der Waals surface area contributed by atoms with Crippen molar-refractivity contribution in [2.75, 3.05) is 19.8 Å². The molecule has 2 aliphatic rings. The van der Waals surface area contributed by atoms with Crippen LogP contribution in [0.15, 0.2) is 47.1 Å². The van der Waals surface area contributed by atoms with Crippen molar-refractivity contribution in [2.24, 2.45) is 5.41 Å². The molecular weight excluding hydrogens is 505 g/mol. The van der Waals surface area contributed by atoms with Crippen molar-refractivity contribution < 1.29 is 19.0 Å². The molecule has 1 atom stereocenters. The van der Waals surface area contributed by atoms with E-state index in [1.807, 2.05) is 36.4 Å². The summed E-state index contributed by atoms with van der Waals surface area (Å²) >= 11 is 0. The Morgan fingerprint density at radius 2 is 1.66 bits per heavy atom. The molecular formula is C32H50O4Si2. The zero-order valence-corrected chi connectivity index (χ0v) is 27.5. The van der Waals surface area contributed by atoms with Gasteiger partial charge in [0.15, 0.2) is 8.32 Å². The summed E-state index contributed by atoms with van der Waals surface area (Å²) in [5, 5.41) is 11.9. The molecule has 1 aliphatic heterocycles. The van der Waals surface area contributed by atoms with Crippen LogP contribution in [0.4, 0.5) is 0 Å². The zero-order valence-electron chi connectivity index (χ0n) is 25.5. The van der Waals surface area contributed by atoms with Crippen LogP contribution in [0.3, 0.4) is 0 Å². The standard InChI is InChI=1S/C32H50O4Si2/c1-30(2,3)38(9,10)36-20-15-14-18-27-28(32(27)34-23-31(4,5)24-35-32)29(33)26(19-21-37(6,7)8)22-25-16-12-11-13-17-25/h11-13,16-17,22,29,33H,14-15,18,20,23-24H2,1-10H3/b26-22+. The van der Waals surface area contributed by atoms with Crippen molar-refractivity contribution >= 4 is 22.5 Å². The van der Waals surface area contributed by atoms with Gasteiger partial charge < -0.3 is 19.0 Å². The Bertz CT molecular complexity index is 1080. The predicted octanol–water partition coefficient (Wildman–Crippen LogP) is 7.58. The van der Waals surface area contributed by atoms with E-state index >= 15 is 0 Å². The lowest BCUT2D eigenvalue weighted by Crippen LogP contribution is -2.43. The molecule has 210 valence electrons. The molecule has 0 bridgehead atoms. The van der Waals surface area contributed by atoms with Gasteiger partial charge in [0.05, 0.1) is 13.2 Å². The molecule has 1 fully saturated rings. The largest absolute Gasteiger partial charge is 0.417 e. The maximum absolute atomic E-state index is 11.7. The highest BCUT2D eigenvalue weighted by atomic mass is 28.4. The smallest absolute Gasteiger partial charge is 0.218 e. The fourth-order valence-corrected chi connectivity index (χ4v) is 5.85. The molecule has 1 aliphatic carbocycles. The Morgan fingerprint density at radius 3 is 2.21 bits per heavy atom. The quantitative estimate of drug-likeness (QED) is 0.148. The van der Waals surface area contributed by atoms with E-state index in [4.69, 9.17) is 13.9 Å². The predicted molar refractivity (Wildman–Crippen MR) is 164 cm³/mol. The van der Waals surface area contributed by atoms with Crippen molar-refractivity contribution in [2.45, 2.75) is 104 Å². The number of aliphatic hydroxyl groups is 1. The van der Waals surface area contributed by atoms with Crippen molar-refractivity contribution in [3.8, 4) is 11.5 Å². The van der Waals surface area contributed by atoms with Gasteiger partial charge in [0, 0.05) is 28.7 Å². The minimum Gasteiger partial charge on any atom is -0.417 e. The summed E-state index contributed by atoms with van der Waals surface area (Å²) in [7, 11) is -3.39. The summed E-state index contributed by atoms with van der Waals surface area (Å²) in [6.45, 7) is 24.3. The number of hydrogen-bond acceptors (Lipinski definition) is 4. The summed E-state index contributed by atoms with van der Waals surface area (Å²) in [4.78, 5) is 0. The molecule has 1 N–H and O–H groups in total. The highest BCUT2D eigenvalue weighted by Gasteiger charge is 2.61. The SMILES string of the molecule is CC1(C)COC2(OC1)C(CCCCO[Si](C)(C)C(C)(C)C)=C2C(O)/C(C#C[Si](C)(C)C)=C/c1ccccc1. The Hall–Kier alpha value is -1.47. The van der Waals surface area contributed by atoms with E-state index in [2.05, 4.69) is 78.8 Å². The second kappa shape index (κ2) is 11.6. The molecule has 0 radical (unpaired) electrons. The van der Waals surface area contributed by atoms with Crippen molar-refractivity contribution in [1.29, 1.82) is 0 Å². The monoisotopic (exact) mass is 554 g/mol. The lowest BCUT2D eigenvalue weighted by Gasteiger charge is -2.37. The Kier molecular flexibility index (Phi) is 9.45. The third-order valence-electron chi connectivity index (χ3n) is 7.71. The first-order valence-corrected chi connectivity index (χ1v) is 20.5.